The molecule has 0 rings (SSSR count). The van der Waals surface area contributed by atoms with Gasteiger partial charge in [0.05, 0.1) is 0 Å². The van der Waals surface area contributed by atoms with Crippen molar-refractivity contribution in [2.45, 2.75) is 73.1 Å². The summed E-state index contributed by atoms with van der Waals surface area (Å²) in [6.45, 7) is 10.9. The van der Waals surface area contributed by atoms with Crippen molar-refractivity contribution in [3.8, 4) is 0 Å². The highest BCUT2D eigenvalue weighted by Gasteiger charge is 1.98. The van der Waals surface area contributed by atoms with Gasteiger partial charge in [0.1, 0.15) is 0 Å². The van der Waals surface area contributed by atoms with E-state index in [0.717, 1.165) is 5.92 Å². The van der Waals surface area contributed by atoms with Crippen LogP contribution in [0.2, 0.25) is 0 Å². The molecule has 0 aliphatic heterocycles. The van der Waals surface area contributed by atoms with Crippen molar-refractivity contribution in [1.29, 1.82) is 0 Å². The van der Waals surface area contributed by atoms with Crippen LogP contribution in [0.4, 0.5) is 0 Å². The summed E-state index contributed by atoms with van der Waals surface area (Å²) in [7, 11) is 0. The average Bonchev–Trinajstić information content (AvgIpc) is 2.09. The van der Waals surface area contributed by atoms with Crippen LogP contribution in [-0.2, 0) is 0 Å². The summed E-state index contributed by atoms with van der Waals surface area (Å²) in [5.41, 5.74) is 0. The van der Waals surface area contributed by atoms with Gasteiger partial charge in [-0.2, -0.15) is 0 Å². The molecule has 0 spiro atoms. The predicted molar refractivity (Wildman–Crippen MR) is 59.6 cm³/mol. The first-order valence-electron chi connectivity index (χ1n) is 5.81. The summed E-state index contributed by atoms with van der Waals surface area (Å²) in [5.74, 6) is 0.969. The number of unbranched alkanes of at least 4 members (excludes halogenated alkanes) is 2. The van der Waals surface area contributed by atoms with Crippen molar-refractivity contribution in [3.63, 3.8) is 0 Å². The summed E-state index contributed by atoms with van der Waals surface area (Å²) < 4.78 is 0. The van der Waals surface area contributed by atoms with E-state index in [0.29, 0.717) is 0 Å². The van der Waals surface area contributed by atoms with Crippen LogP contribution in [0.15, 0.2) is 0 Å². The molecule has 0 heteroatoms. The highest BCUT2D eigenvalue weighted by molar-refractivity contribution is 4.51. The van der Waals surface area contributed by atoms with Crippen molar-refractivity contribution in [3.05, 3.63) is 0 Å². The van der Waals surface area contributed by atoms with Gasteiger partial charge in [0, 0.05) is 0 Å². The third-order valence-electron chi connectivity index (χ3n) is 2.08. The maximum atomic E-state index is 2.37. The molecule has 0 N–H and O–H groups in total. The molecule has 0 aromatic heterocycles. The van der Waals surface area contributed by atoms with E-state index in [4.69, 9.17) is 0 Å². The summed E-state index contributed by atoms with van der Waals surface area (Å²) in [5, 5.41) is 0. The first-order chi connectivity index (χ1) is 5.81. The molecule has 0 heterocycles. The van der Waals surface area contributed by atoms with Gasteiger partial charge in [-0.1, -0.05) is 73.1 Å². The van der Waals surface area contributed by atoms with Gasteiger partial charge < -0.3 is 0 Å². The molecule has 0 aliphatic rings. The average molecular weight is 172 g/mol. The van der Waals surface area contributed by atoms with E-state index < -0.39 is 0 Å². The van der Waals surface area contributed by atoms with Crippen LogP contribution in [0.5, 0.6) is 0 Å². The van der Waals surface area contributed by atoms with E-state index in [-0.39, 0.29) is 0 Å². The van der Waals surface area contributed by atoms with Gasteiger partial charge >= 0.3 is 0 Å². The van der Waals surface area contributed by atoms with Gasteiger partial charge in [-0.15, -0.1) is 0 Å². The van der Waals surface area contributed by atoms with Gasteiger partial charge in [-0.3, -0.25) is 0 Å². The van der Waals surface area contributed by atoms with E-state index in [1.807, 2.05) is 13.8 Å². The van der Waals surface area contributed by atoms with Crippen molar-refractivity contribution in [2.75, 3.05) is 0 Å². The topological polar surface area (TPSA) is 0 Å². The third kappa shape index (κ3) is 12.7. The zero-order chi connectivity index (χ0) is 9.82. The Bertz CT molecular complexity index is 57.1. The van der Waals surface area contributed by atoms with Crippen LogP contribution in [0, 0.1) is 5.92 Å². The largest absolute Gasteiger partial charge is 0.0683 e. The smallest absolute Gasteiger partial charge is 0.0443 e. The van der Waals surface area contributed by atoms with Crippen LogP contribution < -0.4 is 0 Å². The molecule has 76 valence electrons. The van der Waals surface area contributed by atoms with E-state index in [9.17, 15) is 0 Å². The van der Waals surface area contributed by atoms with Crippen molar-refractivity contribution >= 4 is 0 Å². The Morgan fingerprint density at radius 2 is 1.42 bits per heavy atom. The van der Waals surface area contributed by atoms with E-state index in [2.05, 4.69) is 20.8 Å². The number of hydrogen-bond donors (Lipinski definition) is 0. The minimum Gasteiger partial charge on any atom is -0.0683 e. The minimum absolute atomic E-state index is 0.969. The fourth-order valence-corrected chi connectivity index (χ4v) is 1.38. The Balaban J connectivity index is 0. The Morgan fingerprint density at radius 1 is 0.833 bits per heavy atom. The monoisotopic (exact) mass is 172 g/mol. The first-order valence-corrected chi connectivity index (χ1v) is 5.81. The van der Waals surface area contributed by atoms with Gasteiger partial charge in [-0.05, 0) is 5.92 Å². The zero-order valence-corrected chi connectivity index (χ0v) is 9.82. The molecule has 1 atom stereocenters. The predicted octanol–water partition coefficient (Wildman–Crippen LogP) is 5.03. The Hall–Kier alpha value is 0. The molecule has 0 nitrogen and oxygen atoms in total. The lowest BCUT2D eigenvalue weighted by Crippen LogP contribution is -1.92. The molecule has 0 radical (unpaired) electrons. The van der Waals surface area contributed by atoms with Crippen LogP contribution in [0.3, 0.4) is 0 Å². The quantitative estimate of drug-likeness (QED) is 0.493. The van der Waals surface area contributed by atoms with Crippen molar-refractivity contribution in [1.82, 2.24) is 0 Å². The number of rotatable bonds is 6. The molecule has 0 unspecified atom stereocenters. The number of hydrogen-bond acceptors (Lipinski definition) is 0. The summed E-state index contributed by atoms with van der Waals surface area (Å²) >= 11 is 0. The highest BCUT2D eigenvalue weighted by Crippen LogP contribution is 2.13. The molecule has 0 fully saturated rings. The summed E-state index contributed by atoms with van der Waals surface area (Å²) in [6.07, 6.45) is 8.45. The van der Waals surface area contributed by atoms with Crippen LogP contribution >= 0.6 is 0 Å². The Kier molecular flexibility index (Phi) is 16.4. The van der Waals surface area contributed by atoms with Crippen molar-refractivity contribution < 1.29 is 0 Å². The highest BCUT2D eigenvalue weighted by atomic mass is 14.0. The minimum atomic E-state index is 0.969. The fraction of sp³-hybridized carbons (Fsp3) is 1.00. The van der Waals surface area contributed by atoms with E-state index in [1.165, 1.54) is 38.5 Å². The Morgan fingerprint density at radius 3 is 1.83 bits per heavy atom. The normalized spacial score (nSPS) is 11.8. The fourth-order valence-electron chi connectivity index (χ4n) is 1.38. The Labute approximate surface area is 79.8 Å². The van der Waals surface area contributed by atoms with Gasteiger partial charge in [0.2, 0.25) is 0 Å². The lowest BCUT2D eigenvalue weighted by molar-refractivity contribution is 0.459. The molecule has 0 bridgehead atoms. The second-order valence-corrected chi connectivity index (χ2v) is 3.39. The molecule has 0 aromatic carbocycles. The van der Waals surface area contributed by atoms with Gasteiger partial charge in [-0.25, -0.2) is 0 Å². The molecule has 0 saturated carbocycles. The van der Waals surface area contributed by atoms with E-state index in [1.54, 1.807) is 0 Å². The third-order valence-corrected chi connectivity index (χ3v) is 2.08. The second kappa shape index (κ2) is 13.6. The van der Waals surface area contributed by atoms with Gasteiger partial charge in [0.15, 0.2) is 0 Å². The first kappa shape index (κ1) is 14.5. The van der Waals surface area contributed by atoms with Gasteiger partial charge in [0.25, 0.3) is 0 Å². The SMILES string of the molecule is CC.CCCCC[C@@H](C)CCC. The van der Waals surface area contributed by atoms with Crippen LogP contribution in [-0.4, -0.2) is 0 Å². The van der Waals surface area contributed by atoms with E-state index >= 15 is 0 Å². The molecule has 12 heavy (non-hydrogen) atoms. The lowest BCUT2D eigenvalue weighted by atomic mass is 9.99. The standard InChI is InChI=1S/C10H22.C2H6/c1-4-6-7-9-10(3)8-5-2;1-2/h10H,4-9H2,1-3H3;1-2H3/t10-;/m0./s1. The molecule has 0 saturated heterocycles. The molecular weight excluding hydrogens is 144 g/mol. The molecule has 0 aliphatic carbocycles. The molecular formula is C12H28. The zero-order valence-electron chi connectivity index (χ0n) is 9.82. The van der Waals surface area contributed by atoms with Crippen LogP contribution in [0.25, 0.3) is 0 Å². The summed E-state index contributed by atoms with van der Waals surface area (Å²) in [6, 6.07) is 0. The maximum Gasteiger partial charge on any atom is -0.0443 e. The summed E-state index contributed by atoms with van der Waals surface area (Å²) in [4.78, 5) is 0. The second-order valence-electron chi connectivity index (χ2n) is 3.39. The molecule has 0 amide bonds. The lowest BCUT2D eigenvalue weighted by Gasteiger charge is -2.07. The van der Waals surface area contributed by atoms with Crippen LogP contribution in [0.1, 0.15) is 73.1 Å². The van der Waals surface area contributed by atoms with Crippen molar-refractivity contribution in [2.24, 2.45) is 5.92 Å². The maximum absolute atomic E-state index is 2.37. The molecule has 0 aromatic rings.